The van der Waals surface area contributed by atoms with E-state index in [1.165, 1.54) is 11.8 Å². The van der Waals surface area contributed by atoms with Crippen molar-refractivity contribution in [2.45, 2.75) is 32.9 Å². The van der Waals surface area contributed by atoms with Crippen LogP contribution in [0, 0.1) is 6.92 Å². The molecule has 0 aliphatic carbocycles. The number of aliphatic hydroxyl groups is 1. The van der Waals surface area contributed by atoms with Gasteiger partial charge in [0.05, 0.1) is 24.4 Å². The van der Waals surface area contributed by atoms with Crippen LogP contribution in [-0.2, 0) is 9.47 Å². The quantitative estimate of drug-likeness (QED) is 0.584. The normalized spacial score (nSPS) is 14.3. The van der Waals surface area contributed by atoms with Gasteiger partial charge in [0, 0.05) is 7.11 Å². The van der Waals surface area contributed by atoms with Crippen LogP contribution in [0.25, 0.3) is 0 Å². The maximum Gasteiger partial charge on any atom is 0.360 e. The zero-order valence-corrected chi connectivity index (χ0v) is 11.1. The molecule has 0 aliphatic heterocycles. The molecule has 0 radical (unpaired) electrons. The molecule has 0 amide bonds. The molecule has 0 spiro atoms. The van der Waals surface area contributed by atoms with E-state index in [1.807, 2.05) is 0 Å². The van der Waals surface area contributed by atoms with Crippen LogP contribution in [0.1, 0.15) is 36.1 Å². The number of aliphatic hydroxyl groups excluding tert-OH is 1. The number of hydrogen-bond acceptors (Lipinski definition) is 6. The molecule has 0 aliphatic rings. The Kier molecular flexibility index (Phi) is 5.24. The van der Waals surface area contributed by atoms with Gasteiger partial charge < -0.3 is 14.6 Å². The highest BCUT2D eigenvalue weighted by Crippen LogP contribution is 2.14. The zero-order valence-electron chi connectivity index (χ0n) is 11.1. The third-order valence-corrected chi connectivity index (χ3v) is 2.73. The molecule has 2 atom stereocenters. The van der Waals surface area contributed by atoms with Gasteiger partial charge in [0.15, 0.2) is 5.69 Å². The van der Waals surface area contributed by atoms with Crippen LogP contribution in [0.15, 0.2) is 0 Å². The predicted molar refractivity (Wildman–Crippen MR) is 63.3 cm³/mol. The number of carbonyl (C=O) groups is 1. The Morgan fingerprint density at radius 2 is 2.11 bits per heavy atom. The van der Waals surface area contributed by atoms with Gasteiger partial charge in [-0.15, -0.1) is 5.10 Å². The lowest BCUT2D eigenvalue weighted by atomic mass is 10.2. The Balaban J connectivity index is 2.77. The number of esters is 1. The first kappa shape index (κ1) is 14.6. The molecule has 7 heteroatoms. The number of hydrogen-bond donors (Lipinski definition) is 1. The molecular weight excluding hydrogens is 238 g/mol. The first-order chi connectivity index (χ1) is 8.49. The van der Waals surface area contributed by atoms with Crippen molar-refractivity contribution in [1.29, 1.82) is 0 Å². The van der Waals surface area contributed by atoms with E-state index in [-0.39, 0.29) is 18.3 Å². The lowest BCUT2D eigenvalue weighted by Crippen LogP contribution is -2.21. The monoisotopic (exact) mass is 257 g/mol. The standard InChI is InChI=1S/C11H19N3O4/c1-7(9(3)15)14-8(2)10(12-13-14)11(16)18-6-5-17-4/h7,9,15H,5-6H2,1-4H3. The summed E-state index contributed by atoms with van der Waals surface area (Å²) in [6.07, 6.45) is -0.581. The fourth-order valence-electron chi connectivity index (χ4n) is 1.41. The third kappa shape index (κ3) is 3.27. The minimum absolute atomic E-state index is 0.165. The molecule has 0 saturated heterocycles. The van der Waals surface area contributed by atoms with Crippen LogP contribution in [-0.4, -0.2) is 52.5 Å². The van der Waals surface area contributed by atoms with Crippen molar-refractivity contribution in [2.75, 3.05) is 20.3 Å². The Hall–Kier alpha value is -1.47. The fourth-order valence-corrected chi connectivity index (χ4v) is 1.41. The second kappa shape index (κ2) is 6.46. The fraction of sp³-hybridized carbons (Fsp3) is 0.727. The summed E-state index contributed by atoms with van der Waals surface area (Å²) in [6, 6.07) is -0.252. The number of rotatable bonds is 6. The second-order valence-corrected chi connectivity index (χ2v) is 4.08. The van der Waals surface area contributed by atoms with E-state index in [0.29, 0.717) is 12.3 Å². The largest absolute Gasteiger partial charge is 0.458 e. The van der Waals surface area contributed by atoms with E-state index >= 15 is 0 Å². The summed E-state index contributed by atoms with van der Waals surface area (Å²) in [5, 5.41) is 17.1. The van der Waals surface area contributed by atoms with Crippen molar-refractivity contribution in [3.63, 3.8) is 0 Å². The lowest BCUT2D eigenvalue weighted by molar-refractivity contribution is 0.0380. The lowest BCUT2D eigenvalue weighted by Gasteiger charge is -2.15. The highest BCUT2D eigenvalue weighted by molar-refractivity contribution is 5.88. The van der Waals surface area contributed by atoms with Gasteiger partial charge in [0.25, 0.3) is 0 Å². The summed E-state index contributed by atoms with van der Waals surface area (Å²) in [5.41, 5.74) is 0.740. The average molecular weight is 257 g/mol. The molecule has 1 aromatic heterocycles. The minimum atomic E-state index is -0.581. The Bertz CT molecular complexity index is 403. The van der Waals surface area contributed by atoms with Crippen LogP contribution < -0.4 is 0 Å². The molecule has 1 aromatic rings. The first-order valence-electron chi connectivity index (χ1n) is 5.75. The summed E-state index contributed by atoms with van der Waals surface area (Å²) in [7, 11) is 1.53. The van der Waals surface area contributed by atoms with Crippen molar-refractivity contribution >= 4 is 5.97 Å². The van der Waals surface area contributed by atoms with Crippen molar-refractivity contribution in [1.82, 2.24) is 15.0 Å². The Morgan fingerprint density at radius 1 is 1.44 bits per heavy atom. The summed E-state index contributed by atoms with van der Waals surface area (Å²) >= 11 is 0. The SMILES string of the molecule is COCCOC(=O)c1nnn(C(C)C(C)O)c1C. The van der Waals surface area contributed by atoms with Crippen molar-refractivity contribution in [2.24, 2.45) is 0 Å². The number of methoxy groups -OCH3 is 1. The van der Waals surface area contributed by atoms with Crippen molar-refractivity contribution in [3.05, 3.63) is 11.4 Å². The van der Waals surface area contributed by atoms with Gasteiger partial charge in [-0.3, -0.25) is 0 Å². The van der Waals surface area contributed by atoms with Gasteiger partial charge in [0.1, 0.15) is 6.61 Å². The smallest absolute Gasteiger partial charge is 0.360 e. The molecule has 18 heavy (non-hydrogen) atoms. The first-order valence-corrected chi connectivity index (χ1v) is 5.75. The minimum Gasteiger partial charge on any atom is -0.458 e. The third-order valence-electron chi connectivity index (χ3n) is 2.73. The van der Waals surface area contributed by atoms with Crippen LogP contribution >= 0.6 is 0 Å². The van der Waals surface area contributed by atoms with Crippen molar-refractivity contribution < 1.29 is 19.4 Å². The molecule has 0 aromatic carbocycles. The van der Waals surface area contributed by atoms with Gasteiger partial charge in [-0.1, -0.05) is 5.21 Å². The molecule has 0 bridgehead atoms. The molecular formula is C11H19N3O4. The maximum absolute atomic E-state index is 11.7. The Labute approximate surface area is 106 Å². The average Bonchev–Trinajstić information content (AvgIpc) is 2.70. The molecule has 102 valence electrons. The van der Waals surface area contributed by atoms with E-state index in [9.17, 15) is 9.90 Å². The summed E-state index contributed by atoms with van der Waals surface area (Å²) in [5.74, 6) is -0.534. The van der Waals surface area contributed by atoms with E-state index in [0.717, 1.165) is 0 Å². The molecule has 1 rings (SSSR count). The van der Waals surface area contributed by atoms with Crippen LogP contribution in [0.5, 0.6) is 0 Å². The van der Waals surface area contributed by atoms with E-state index in [1.54, 1.807) is 20.8 Å². The van der Waals surface area contributed by atoms with E-state index < -0.39 is 12.1 Å². The number of ether oxygens (including phenoxy) is 2. The van der Waals surface area contributed by atoms with E-state index in [4.69, 9.17) is 9.47 Å². The van der Waals surface area contributed by atoms with Gasteiger partial charge in [-0.2, -0.15) is 0 Å². The van der Waals surface area contributed by atoms with Gasteiger partial charge in [-0.25, -0.2) is 9.48 Å². The highest BCUT2D eigenvalue weighted by Gasteiger charge is 2.22. The molecule has 0 saturated carbocycles. The van der Waals surface area contributed by atoms with Gasteiger partial charge >= 0.3 is 5.97 Å². The predicted octanol–water partition coefficient (Wildman–Crippen LogP) is 0.332. The van der Waals surface area contributed by atoms with Gasteiger partial charge in [-0.05, 0) is 20.8 Å². The molecule has 1 heterocycles. The summed E-state index contributed by atoms with van der Waals surface area (Å²) < 4.78 is 11.3. The van der Waals surface area contributed by atoms with Crippen LogP contribution in [0.2, 0.25) is 0 Å². The van der Waals surface area contributed by atoms with E-state index in [2.05, 4.69) is 10.3 Å². The Morgan fingerprint density at radius 3 is 2.67 bits per heavy atom. The van der Waals surface area contributed by atoms with Crippen LogP contribution in [0.3, 0.4) is 0 Å². The number of carbonyl (C=O) groups excluding carboxylic acids is 1. The second-order valence-electron chi connectivity index (χ2n) is 4.08. The number of nitrogens with zero attached hydrogens (tertiary/aromatic N) is 3. The molecule has 1 N–H and O–H groups in total. The molecule has 0 fully saturated rings. The zero-order chi connectivity index (χ0) is 13.7. The topological polar surface area (TPSA) is 86.5 Å². The van der Waals surface area contributed by atoms with Gasteiger partial charge in [0.2, 0.25) is 0 Å². The molecule has 7 nitrogen and oxygen atoms in total. The van der Waals surface area contributed by atoms with Crippen molar-refractivity contribution in [3.8, 4) is 0 Å². The summed E-state index contributed by atoms with van der Waals surface area (Å²) in [6.45, 7) is 5.68. The highest BCUT2D eigenvalue weighted by atomic mass is 16.6. The van der Waals surface area contributed by atoms with Crippen LogP contribution in [0.4, 0.5) is 0 Å². The molecule has 2 unspecified atom stereocenters. The maximum atomic E-state index is 11.7. The number of aromatic nitrogens is 3. The summed E-state index contributed by atoms with van der Waals surface area (Å²) in [4.78, 5) is 11.7.